The van der Waals surface area contributed by atoms with Crippen LogP contribution in [0.2, 0.25) is 5.02 Å². The first kappa shape index (κ1) is 16.3. The predicted molar refractivity (Wildman–Crippen MR) is 100 cm³/mol. The molecule has 0 spiro atoms. The molecule has 1 atom stereocenters. The molecule has 9 heteroatoms. The van der Waals surface area contributed by atoms with Crippen molar-refractivity contribution in [3.05, 3.63) is 69.0 Å². The molecule has 1 aliphatic rings. The van der Waals surface area contributed by atoms with Gasteiger partial charge in [0.25, 0.3) is 5.91 Å². The summed E-state index contributed by atoms with van der Waals surface area (Å²) in [7, 11) is 0. The first-order chi connectivity index (χ1) is 12.0. The minimum Gasteiger partial charge on any atom is -0.346 e. The van der Waals surface area contributed by atoms with Crippen LogP contribution in [0.4, 0.5) is 15.8 Å². The molecule has 0 fully saturated rings. The topological polar surface area (TPSA) is 63.1 Å². The maximum Gasteiger partial charge on any atom is 0.263 e. The fourth-order valence-electron chi connectivity index (χ4n) is 2.71. The Balaban J connectivity index is 1.90. The summed E-state index contributed by atoms with van der Waals surface area (Å²) < 4.78 is 16.0. The second-order valence-electron chi connectivity index (χ2n) is 5.35. The fourth-order valence-corrected chi connectivity index (χ4v) is 3.84. The summed E-state index contributed by atoms with van der Waals surface area (Å²) in [4.78, 5) is 18.6. The number of hydrogen-bond donors (Lipinski definition) is 1. The minimum absolute atomic E-state index is 0.252. The van der Waals surface area contributed by atoms with Crippen molar-refractivity contribution in [3.8, 4) is 0 Å². The number of fused-ring (bicyclic) bond motifs is 1. The number of carbonyl (C=O) groups is 1. The Morgan fingerprint density at radius 1 is 1.24 bits per heavy atom. The highest BCUT2D eigenvalue weighted by atomic mass is 127. The van der Waals surface area contributed by atoms with Gasteiger partial charge in [0.15, 0.2) is 0 Å². The molecule has 0 saturated carbocycles. The van der Waals surface area contributed by atoms with Gasteiger partial charge in [-0.2, -0.15) is 5.10 Å². The Morgan fingerprint density at radius 3 is 2.80 bits per heavy atom. The number of hydrogen-bond acceptors (Lipinski definition) is 4. The molecule has 1 aliphatic heterocycles. The summed E-state index contributed by atoms with van der Waals surface area (Å²) in [6.07, 6.45) is 2.26. The summed E-state index contributed by atoms with van der Waals surface area (Å²) in [6.45, 7) is 0. The molecule has 0 aliphatic carbocycles. The summed E-state index contributed by atoms with van der Waals surface area (Å²) in [6, 6.07) is 9.27. The average Bonchev–Trinajstić information content (AvgIpc) is 3.11. The van der Waals surface area contributed by atoms with Crippen LogP contribution < -0.4 is 10.2 Å². The highest BCUT2D eigenvalue weighted by Gasteiger charge is 2.36. The molecule has 1 unspecified atom stereocenters. The van der Waals surface area contributed by atoms with E-state index in [2.05, 4.69) is 38.0 Å². The highest BCUT2D eigenvalue weighted by Crippen LogP contribution is 2.36. The van der Waals surface area contributed by atoms with Crippen molar-refractivity contribution in [3.63, 3.8) is 0 Å². The van der Waals surface area contributed by atoms with Crippen LogP contribution in [0.5, 0.6) is 0 Å². The maximum absolute atomic E-state index is 13.7. The van der Waals surface area contributed by atoms with Crippen LogP contribution in [-0.2, 0) is 0 Å². The Morgan fingerprint density at radius 2 is 2.08 bits per heavy atom. The number of nitrogens with zero attached hydrogens (tertiary/aromatic N) is 4. The fraction of sp³-hybridized carbons (Fsp3) is 0.0625. The van der Waals surface area contributed by atoms with Crippen molar-refractivity contribution in [1.82, 2.24) is 14.8 Å². The van der Waals surface area contributed by atoms with E-state index in [1.165, 1.54) is 40.4 Å². The molecule has 1 N–H and O–H groups in total. The molecular formula is C16H10ClFIN5O. The van der Waals surface area contributed by atoms with Gasteiger partial charge in [0.1, 0.15) is 18.5 Å². The van der Waals surface area contributed by atoms with Crippen molar-refractivity contribution < 1.29 is 9.18 Å². The molecule has 0 saturated heterocycles. The molecule has 126 valence electrons. The van der Waals surface area contributed by atoms with Gasteiger partial charge in [0, 0.05) is 8.59 Å². The average molecular weight is 470 g/mol. The molecule has 4 rings (SSSR count). The number of nitrogens with one attached hydrogen (secondary N) is 1. The van der Waals surface area contributed by atoms with Crippen molar-refractivity contribution in [2.45, 2.75) is 6.29 Å². The van der Waals surface area contributed by atoms with Gasteiger partial charge in [-0.1, -0.05) is 11.6 Å². The monoisotopic (exact) mass is 469 g/mol. The number of aromatic nitrogens is 3. The normalized spacial score (nSPS) is 16.5. The van der Waals surface area contributed by atoms with E-state index in [4.69, 9.17) is 11.6 Å². The lowest BCUT2D eigenvalue weighted by Crippen LogP contribution is -2.46. The van der Waals surface area contributed by atoms with Gasteiger partial charge in [-0.15, -0.1) is 0 Å². The molecule has 0 radical (unpaired) electrons. The molecule has 1 aromatic heterocycles. The third-order valence-corrected chi connectivity index (χ3v) is 4.92. The summed E-state index contributed by atoms with van der Waals surface area (Å²) >= 11 is 8.14. The quantitative estimate of drug-likeness (QED) is 0.578. The van der Waals surface area contributed by atoms with Crippen molar-refractivity contribution in [2.24, 2.45) is 0 Å². The van der Waals surface area contributed by atoms with Crippen LogP contribution in [0.25, 0.3) is 0 Å². The molecule has 2 heterocycles. The summed E-state index contributed by atoms with van der Waals surface area (Å²) in [5, 5.41) is 7.91. The predicted octanol–water partition coefficient (Wildman–Crippen LogP) is 3.90. The van der Waals surface area contributed by atoms with Crippen molar-refractivity contribution in [1.29, 1.82) is 0 Å². The molecule has 25 heavy (non-hydrogen) atoms. The van der Waals surface area contributed by atoms with Crippen LogP contribution in [-0.4, -0.2) is 20.7 Å². The lowest BCUT2D eigenvalue weighted by molar-refractivity contribution is 0.0962. The van der Waals surface area contributed by atoms with Crippen LogP contribution >= 0.6 is 34.2 Å². The molecule has 2 aromatic carbocycles. The third-order valence-electron chi connectivity index (χ3n) is 3.82. The molecule has 3 aromatic rings. The van der Waals surface area contributed by atoms with Gasteiger partial charge >= 0.3 is 0 Å². The van der Waals surface area contributed by atoms with E-state index in [0.29, 0.717) is 16.4 Å². The highest BCUT2D eigenvalue weighted by molar-refractivity contribution is 14.1. The summed E-state index contributed by atoms with van der Waals surface area (Å²) in [5.41, 5.74) is 1.42. The van der Waals surface area contributed by atoms with E-state index in [1.54, 1.807) is 18.2 Å². The van der Waals surface area contributed by atoms with E-state index in [0.717, 1.165) is 3.57 Å². The van der Waals surface area contributed by atoms with Crippen LogP contribution in [0.1, 0.15) is 16.6 Å². The molecule has 0 bridgehead atoms. The van der Waals surface area contributed by atoms with Crippen LogP contribution in [0.15, 0.2) is 49.1 Å². The third kappa shape index (κ3) is 2.85. The van der Waals surface area contributed by atoms with Gasteiger partial charge in [-0.3, -0.25) is 9.69 Å². The van der Waals surface area contributed by atoms with E-state index in [-0.39, 0.29) is 11.5 Å². The molecule has 1 amide bonds. The zero-order valence-electron chi connectivity index (χ0n) is 12.5. The van der Waals surface area contributed by atoms with Gasteiger partial charge in [-0.05, 0) is 59.0 Å². The number of amides is 1. The molecular weight excluding hydrogens is 460 g/mol. The van der Waals surface area contributed by atoms with Gasteiger partial charge < -0.3 is 5.32 Å². The van der Waals surface area contributed by atoms with Crippen LogP contribution in [0, 0.1) is 9.39 Å². The first-order valence-corrected chi connectivity index (χ1v) is 8.69. The first-order valence-electron chi connectivity index (χ1n) is 7.23. The van der Waals surface area contributed by atoms with Gasteiger partial charge in [0.2, 0.25) is 6.29 Å². The minimum atomic E-state index is -0.636. The smallest absolute Gasteiger partial charge is 0.263 e. The zero-order chi connectivity index (χ0) is 17.6. The van der Waals surface area contributed by atoms with Gasteiger partial charge in [0.05, 0.1) is 16.9 Å². The lowest BCUT2D eigenvalue weighted by Gasteiger charge is -2.37. The Kier molecular flexibility index (Phi) is 4.08. The van der Waals surface area contributed by atoms with E-state index in [1.807, 2.05) is 0 Å². The standard InChI is InChI=1S/C16H10ClFIN5O/c17-9-1-4-14(12(19)5-9)24-15(25)11-6-10(18)2-3-13(11)22-16(24)23-8-20-7-21-23/h1-8,16,22H. The number of carbonyl (C=O) groups excluding carboxylic acids is 1. The number of anilines is 2. The van der Waals surface area contributed by atoms with Crippen molar-refractivity contribution in [2.75, 3.05) is 10.2 Å². The number of benzene rings is 2. The Labute approximate surface area is 160 Å². The van der Waals surface area contributed by atoms with E-state index < -0.39 is 12.1 Å². The Hall–Kier alpha value is -2.20. The van der Waals surface area contributed by atoms with Crippen molar-refractivity contribution >= 4 is 51.5 Å². The van der Waals surface area contributed by atoms with Crippen LogP contribution in [0.3, 0.4) is 0 Å². The van der Waals surface area contributed by atoms with E-state index >= 15 is 0 Å². The van der Waals surface area contributed by atoms with Gasteiger partial charge in [-0.25, -0.2) is 14.1 Å². The Bertz CT molecular complexity index is 965. The zero-order valence-corrected chi connectivity index (χ0v) is 15.4. The molecule has 6 nitrogen and oxygen atoms in total. The lowest BCUT2D eigenvalue weighted by atomic mass is 10.1. The number of halogens is 3. The second kappa shape index (κ2) is 6.26. The summed E-state index contributed by atoms with van der Waals surface area (Å²) in [5.74, 6) is -0.812. The maximum atomic E-state index is 13.7. The van der Waals surface area contributed by atoms with E-state index in [9.17, 15) is 9.18 Å². The number of rotatable bonds is 2. The largest absolute Gasteiger partial charge is 0.346 e. The SMILES string of the molecule is O=C1c2cc(F)ccc2NC(n2cncn2)N1c1ccc(Cl)cc1I. The second-order valence-corrected chi connectivity index (χ2v) is 6.95.